The normalized spacial score (nSPS) is 17.3. The molecular formula is C28H29N5O3S. The molecule has 1 amide bonds. The lowest BCUT2D eigenvalue weighted by atomic mass is 10.1. The molecule has 0 unspecified atom stereocenters. The Bertz CT molecular complexity index is 1420. The van der Waals surface area contributed by atoms with Crippen LogP contribution in [0.25, 0.3) is 11.8 Å². The first-order valence-electron chi connectivity index (χ1n) is 12.4. The van der Waals surface area contributed by atoms with Gasteiger partial charge in [0.15, 0.2) is 5.11 Å². The van der Waals surface area contributed by atoms with E-state index in [4.69, 9.17) is 12.2 Å². The van der Waals surface area contributed by atoms with Crippen LogP contribution in [0.1, 0.15) is 36.2 Å². The molecule has 190 valence electrons. The van der Waals surface area contributed by atoms with Gasteiger partial charge < -0.3 is 14.4 Å². The number of para-hydroxylation sites is 1. The van der Waals surface area contributed by atoms with E-state index in [1.54, 1.807) is 18.0 Å². The highest BCUT2D eigenvalue weighted by Crippen LogP contribution is 2.35. The Kier molecular flexibility index (Phi) is 6.55. The summed E-state index contributed by atoms with van der Waals surface area (Å²) in [5.74, 6) is -0.190. The number of piperidine rings is 1. The molecule has 5 rings (SSSR count). The highest BCUT2D eigenvalue weighted by molar-refractivity contribution is 7.80. The number of amides is 1. The number of nitrogens with zero attached hydrogens (tertiary/aromatic N) is 5. The summed E-state index contributed by atoms with van der Waals surface area (Å²) in [6.45, 7) is 5.59. The zero-order chi connectivity index (χ0) is 26.3. The molecular weight excluding hydrogens is 486 g/mol. The summed E-state index contributed by atoms with van der Waals surface area (Å²) in [6.07, 6.45) is 5.09. The van der Waals surface area contributed by atoms with Crippen LogP contribution >= 0.6 is 12.2 Å². The molecule has 9 heteroatoms. The van der Waals surface area contributed by atoms with E-state index < -0.39 is 0 Å². The molecule has 0 bridgehead atoms. The van der Waals surface area contributed by atoms with Crippen molar-refractivity contribution in [2.24, 2.45) is 0 Å². The molecule has 2 fully saturated rings. The standard InChI is InChI=1S/C28H29N5O3S/c1-19-16-21(17-26-27(34)32(28(37)29(26)3)22-10-6-4-7-11-22)20(2)31(19)23-12-13-24(25(18-23)33(35)36)30-14-8-5-9-15-30/h4,6-7,10-13,16-18H,5,8-9,14-15H2,1-3H3/b26-17-. The van der Waals surface area contributed by atoms with E-state index in [2.05, 4.69) is 4.90 Å². The van der Waals surface area contributed by atoms with Gasteiger partial charge in [-0.1, -0.05) is 18.2 Å². The average molecular weight is 516 g/mol. The number of nitro benzene ring substituents is 1. The van der Waals surface area contributed by atoms with E-state index in [1.807, 2.05) is 73.0 Å². The molecule has 3 heterocycles. The van der Waals surface area contributed by atoms with Crippen LogP contribution < -0.4 is 9.80 Å². The summed E-state index contributed by atoms with van der Waals surface area (Å²) < 4.78 is 1.99. The van der Waals surface area contributed by atoms with Crippen molar-refractivity contribution in [3.05, 3.63) is 87.4 Å². The van der Waals surface area contributed by atoms with Gasteiger partial charge in [0.05, 0.1) is 16.3 Å². The lowest BCUT2D eigenvalue weighted by molar-refractivity contribution is -0.384. The SMILES string of the molecule is Cc1cc(/C=C2/C(=O)N(c3ccccc3)C(=S)N2C)c(C)n1-c1ccc(N2CCCCC2)c([N+](=O)[O-])c1. The fraction of sp³-hybridized carbons (Fsp3) is 0.286. The van der Waals surface area contributed by atoms with Gasteiger partial charge in [0, 0.05) is 37.6 Å². The Balaban J connectivity index is 1.52. The smallest absolute Gasteiger partial charge is 0.294 e. The van der Waals surface area contributed by atoms with Crippen LogP contribution in [0.2, 0.25) is 0 Å². The largest absolute Gasteiger partial charge is 0.366 e. The van der Waals surface area contributed by atoms with E-state index in [9.17, 15) is 14.9 Å². The molecule has 37 heavy (non-hydrogen) atoms. The number of carbonyl (C=O) groups is 1. The Labute approximate surface area is 221 Å². The maximum absolute atomic E-state index is 13.4. The maximum Gasteiger partial charge on any atom is 0.294 e. The number of rotatable bonds is 5. The fourth-order valence-electron chi connectivity index (χ4n) is 5.24. The summed E-state index contributed by atoms with van der Waals surface area (Å²) in [7, 11) is 1.79. The average Bonchev–Trinajstić information content (AvgIpc) is 3.30. The predicted octanol–water partition coefficient (Wildman–Crippen LogP) is 5.60. The third-order valence-corrected chi connectivity index (χ3v) is 7.61. The Hall–Kier alpha value is -3.98. The van der Waals surface area contributed by atoms with Crippen molar-refractivity contribution in [2.75, 3.05) is 29.9 Å². The molecule has 2 aliphatic rings. The highest BCUT2D eigenvalue weighted by Gasteiger charge is 2.37. The third-order valence-electron chi connectivity index (χ3n) is 7.15. The van der Waals surface area contributed by atoms with Crippen LogP contribution in [0, 0.1) is 24.0 Å². The third kappa shape index (κ3) is 4.40. The lowest BCUT2D eigenvalue weighted by Gasteiger charge is -2.28. The number of aryl methyl sites for hydroxylation is 1. The number of hydrogen-bond acceptors (Lipinski definition) is 5. The first-order valence-corrected chi connectivity index (χ1v) is 12.8. The van der Waals surface area contributed by atoms with Crippen LogP contribution in [0.5, 0.6) is 0 Å². The number of aromatic nitrogens is 1. The van der Waals surface area contributed by atoms with Crippen molar-refractivity contribution >= 4 is 46.4 Å². The number of benzene rings is 2. The first-order chi connectivity index (χ1) is 17.8. The lowest BCUT2D eigenvalue weighted by Crippen LogP contribution is -2.30. The minimum absolute atomic E-state index is 0.112. The molecule has 0 aliphatic carbocycles. The summed E-state index contributed by atoms with van der Waals surface area (Å²) >= 11 is 5.58. The van der Waals surface area contributed by atoms with Gasteiger partial charge in [-0.15, -0.1) is 0 Å². The van der Waals surface area contributed by atoms with Crippen molar-refractivity contribution in [2.45, 2.75) is 33.1 Å². The van der Waals surface area contributed by atoms with Crippen molar-refractivity contribution in [3.8, 4) is 5.69 Å². The Morgan fingerprint density at radius 1 is 0.973 bits per heavy atom. The second kappa shape index (κ2) is 9.82. The highest BCUT2D eigenvalue weighted by atomic mass is 32.1. The number of hydrogen-bond donors (Lipinski definition) is 0. The number of likely N-dealkylation sites (N-methyl/N-ethyl adjacent to an activating group) is 1. The van der Waals surface area contributed by atoms with Crippen LogP contribution in [0.4, 0.5) is 17.1 Å². The fourth-order valence-corrected chi connectivity index (χ4v) is 5.53. The van der Waals surface area contributed by atoms with Crippen molar-refractivity contribution in [1.29, 1.82) is 0 Å². The van der Waals surface area contributed by atoms with Crippen LogP contribution in [-0.2, 0) is 4.79 Å². The van der Waals surface area contributed by atoms with Gasteiger partial charge in [0.25, 0.3) is 11.6 Å². The van der Waals surface area contributed by atoms with E-state index in [1.165, 1.54) is 4.90 Å². The zero-order valence-corrected chi connectivity index (χ0v) is 22.0. The summed E-state index contributed by atoms with van der Waals surface area (Å²) in [5.41, 5.74) is 5.36. The predicted molar refractivity (Wildman–Crippen MR) is 150 cm³/mol. The molecule has 0 radical (unpaired) electrons. The monoisotopic (exact) mass is 515 g/mol. The van der Waals surface area contributed by atoms with Crippen molar-refractivity contribution in [1.82, 2.24) is 9.47 Å². The molecule has 8 nitrogen and oxygen atoms in total. The molecule has 3 aromatic rings. The van der Waals surface area contributed by atoms with Crippen LogP contribution in [0.3, 0.4) is 0 Å². The summed E-state index contributed by atoms with van der Waals surface area (Å²) in [6, 6.07) is 16.8. The molecule has 2 saturated heterocycles. The number of carbonyl (C=O) groups excluding carboxylic acids is 1. The van der Waals surface area contributed by atoms with E-state index in [0.717, 1.165) is 60.7 Å². The van der Waals surface area contributed by atoms with Crippen LogP contribution in [0.15, 0.2) is 60.3 Å². The molecule has 0 N–H and O–H groups in total. The second-order valence-corrected chi connectivity index (χ2v) is 9.85. The topological polar surface area (TPSA) is 74.9 Å². The van der Waals surface area contributed by atoms with Gasteiger partial charge in [-0.2, -0.15) is 0 Å². The van der Waals surface area contributed by atoms with Crippen molar-refractivity contribution < 1.29 is 9.72 Å². The quantitative estimate of drug-likeness (QED) is 0.191. The van der Waals surface area contributed by atoms with Gasteiger partial charge in [0.2, 0.25) is 0 Å². The van der Waals surface area contributed by atoms with Gasteiger partial charge in [0.1, 0.15) is 11.4 Å². The summed E-state index contributed by atoms with van der Waals surface area (Å²) in [5, 5.41) is 12.4. The molecule has 2 aliphatic heterocycles. The van der Waals surface area contributed by atoms with Gasteiger partial charge in [-0.05, 0) is 87.3 Å². The second-order valence-electron chi connectivity index (χ2n) is 9.49. The number of thiocarbonyl (C=S) groups is 1. The first kappa shape index (κ1) is 24.7. The van der Waals surface area contributed by atoms with Crippen molar-refractivity contribution in [3.63, 3.8) is 0 Å². The molecule has 0 saturated carbocycles. The zero-order valence-electron chi connectivity index (χ0n) is 21.2. The molecule has 0 spiro atoms. The molecule has 0 atom stereocenters. The van der Waals surface area contributed by atoms with E-state index in [-0.39, 0.29) is 16.5 Å². The van der Waals surface area contributed by atoms with Gasteiger partial charge >= 0.3 is 0 Å². The van der Waals surface area contributed by atoms with E-state index in [0.29, 0.717) is 16.5 Å². The van der Waals surface area contributed by atoms with E-state index >= 15 is 0 Å². The maximum atomic E-state index is 13.4. The molecule has 2 aromatic carbocycles. The van der Waals surface area contributed by atoms with Gasteiger partial charge in [-0.25, -0.2) is 0 Å². The Morgan fingerprint density at radius 3 is 2.35 bits per heavy atom. The number of anilines is 2. The Morgan fingerprint density at radius 2 is 1.68 bits per heavy atom. The summed E-state index contributed by atoms with van der Waals surface area (Å²) in [4.78, 5) is 30.4. The number of nitro groups is 1. The minimum atomic E-state index is -0.296. The molecule has 1 aromatic heterocycles. The van der Waals surface area contributed by atoms with Gasteiger partial charge in [-0.3, -0.25) is 19.8 Å². The van der Waals surface area contributed by atoms with Crippen LogP contribution in [-0.4, -0.2) is 45.5 Å². The minimum Gasteiger partial charge on any atom is -0.366 e.